The van der Waals surface area contributed by atoms with Crippen molar-refractivity contribution in [3.8, 4) is 0 Å². The first-order valence-corrected chi connectivity index (χ1v) is 6.08. The Balaban J connectivity index is 2.47. The number of ether oxygens (including phenoxy) is 1. The van der Waals surface area contributed by atoms with Crippen LogP contribution in [0.4, 0.5) is 0 Å². The third-order valence-electron chi connectivity index (χ3n) is 3.14. The Morgan fingerprint density at radius 2 is 2.05 bits per heavy atom. The summed E-state index contributed by atoms with van der Waals surface area (Å²) in [5, 5.41) is 0. The largest absolute Gasteiger partial charge is 0.463 e. The van der Waals surface area contributed by atoms with Gasteiger partial charge < -0.3 is 14.1 Å². The van der Waals surface area contributed by atoms with Crippen molar-refractivity contribution >= 4 is 11.8 Å². The molecule has 1 aliphatic carbocycles. The number of hydrogen-bond donors (Lipinski definition) is 0. The summed E-state index contributed by atoms with van der Waals surface area (Å²) in [5.41, 5.74) is 1.81. The van der Waals surface area contributed by atoms with Gasteiger partial charge in [0.1, 0.15) is 5.76 Å². The van der Waals surface area contributed by atoms with Gasteiger partial charge in [-0.2, -0.15) is 0 Å². The van der Waals surface area contributed by atoms with E-state index in [9.17, 15) is 9.59 Å². The van der Waals surface area contributed by atoms with E-state index in [1.165, 1.54) is 7.11 Å². The van der Waals surface area contributed by atoms with Gasteiger partial charge >= 0.3 is 5.97 Å². The summed E-state index contributed by atoms with van der Waals surface area (Å²) in [5.74, 6) is 0.106. The molecule has 1 aromatic rings. The van der Waals surface area contributed by atoms with E-state index in [0.717, 1.165) is 5.57 Å². The average Bonchev–Trinajstić information content (AvgIpc) is 2.69. The van der Waals surface area contributed by atoms with Crippen molar-refractivity contribution in [1.82, 2.24) is 4.90 Å². The second-order valence-corrected chi connectivity index (χ2v) is 4.79. The first kappa shape index (κ1) is 13.4. The van der Waals surface area contributed by atoms with Gasteiger partial charge in [0, 0.05) is 37.9 Å². The molecule has 1 heterocycles. The number of methoxy groups -OCH3 is 1. The molecule has 0 atom stereocenters. The van der Waals surface area contributed by atoms with Crippen LogP contribution in [0.5, 0.6) is 0 Å². The highest BCUT2D eigenvalue weighted by Gasteiger charge is 2.31. The maximum Gasteiger partial charge on any atom is 0.374 e. The third-order valence-corrected chi connectivity index (χ3v) is 3.14. The van der Waals surface area contributed by atoms with Crippen LogP contribution in [-0.2, 0) is 11.2 Å². The zero-order valence-corrected chi connectivity index (χ0v) is 11.6. The van der Waals surface area contributed by atoms with Crippen molar-refractivity contribution in [3.63, 3.8) is 0 Å². The molecular formula is C14H17NO4. The molecule has 1 aliphatic rings. The molecule has 1 aromatic heterocycles. The minimum atomic E-state index is -0.544. The number of hydrogen-bond acceptors (Lipinski definition) is 5. The van der Waals surface area contributed by atoms with Gasteiger partial charge in [0.25, 0.3) is 0 Å². The molecule has 2 rings (SSSR count). The number of fused-ring (bicyclic) bond motifs is 1. The van der Waals surface area contributed by atoms with Gasteiger partial charge in [-0.25, -0.2) is 4.79 Å². The van der Waals surface area contributed by atoms with E-state index in [1.54, 1.807) is 6.92 Å². The lowest BCUT2D eigenvalue weighted by Crippen LogP contribution is -2.16. The van der Waals surface area contributed by atoms with Crippen LogP contribution in [0.2, 0.25) is 0 Å². The van der Waals surface area contributed by atoms with Crippen LogP contribution in [0, 0.1) is 6.92 Å². The number of rotatable bonds is 2. The standard InChI is InChI=1S/C14H17NO4/c1-8-11-10(19-13(8)14(17)18-4)6-5-9(12(11)16)7-15(2)3/h7H,5-6H2,1-4H3/b9-7+. The topological polar surface area (TPSA) is 59.8 Å². The van der Waals surface area contributed by atoms with Gasteiger partial charge in [-0.05, 0) is 13.3 Å². The number of nitrogens with zero attached hydrogens (tertiary/aromatic N) is 1. The van der Waals surface area contributed by atoms with Gasteiger partial charge in [0.05, 0.1) is 12.7 Å². The minimum Gasteiger partial charge on any atom is -0.463 e. The van der Waals surface area contributed by atoms with Crippen LogP contribution in [0.3, 0.4) is 0 Å². The SMILES string of the molecule is COC(=O)c1oc2c(c1C)C(=O)/C(=C/N(C)C)CC2. The van der Waals surface area contributed by atoms with Crippen molar-refractivity contribution < 1.29 is 18.7 Å². The Labute approximate surface area is 111 Å². The molecule has 0 saturated heterocycles. The Morgan fingerprint density at radius 3 is 2.63 bits per heavy atom. The Bertz CT molecular complexity index is 566. The van der Waals surface area contributed by atoms with E-state index in [1.807, 2.05) is 25.2 Å². The maximum atomic E-state index is 12.4. The number of allylic oxidation sites excluding steroid dienone is 1. The van der Waals surface area contributed by atoms with Crippen LogP contribution in [0.15, 0.2) is 16.2 Å². The summed E-state index contributed by atoms with van der Waals surface area (Å²) >= 11 is 0. The molecule has 0 unspecified atom stereocenters. The van der Waals surface area contributed by atoms with Gasteiger partial charge in [-0.1, -0.05) is 0 Å². The molecule has 5 nitrogen and oxygen atoms in total. The van der Waals surface area contributed by atoms with E-state index in [0.29, 0.717) is 29.7 Å². The molecule has 0 amide bonds. The predicted octanol–water partition coefficient (Wildman–Crippen LogP) is 1.95. The fourth-order valence-corrected chi connectivity index (χ4v) is 2.29. The fourth-order valence-electron chi connectivity index (χ4n) is 2.29. The zero-order chi connectivity index (χ0) is 14.2. The van der Waals surface area contributed by atoms with Crippen molar-refractivity contribution in [2.24, 2.45) is 0 Å². The molecule has 5 heteroatoms. The Hall–Kier alpha value is -2.04. The molecule has 0 aliphatic heterocycles. The van der Waals surface area contributed by atoms with E-state index < -0.39 is 5.97 Å². The second-order valence-electron chi connectivity index (χ2n) is 4.79. The van der Waals surface area contributed by atoms with Crippen LogP contribution in [0.1, 0.15) is 38.7 Å². The molecule has 102 valence electrons. The number of furan rings is 1. The lowest BCUT2D eigenvalue weighted by atomic mass is 9.90. The monoisotopic (exact) mass is 263 g/mol. The smallest absolute Gasteiger partial charge is 0.374 e. The quantitative estimate of drug-likeness (QED) is 0.603. The van der Waals surface area contributed by atoms with Gasteiger partial charge in [0.15, 0.2) is 5.78 Å². The summed E-state index contributed by atoms with van der Waals surface area (Å²) < 4.78 is 10.1. The maximum absolute atomic E-state index is 12.4. The van der Waals surface area contributed by atoms with Gasteiger partial charge in [0.2, 0.25) is 5.76 Å². The van der Waals surface area contributed by atoms with Crippen molar-refractivity contribution in [2.75, 3.05) is 21.2 Å². The Kier molecular flexibility index (Phi) is 3.46. The minimum absolute atomic E-state index is 0.0636. The average molecular weight is 263 g/mol. The third kappa shape index (κ3) is 2.28. The summed E-state index contributed by atoms with van der Waals surface area (Å²) in [6, 6.07) is 0. The van der Waals surface area contributed by atoms with Crippen molar-refractivity contribution in [3.05, 3.63) is 34.4 Å². The molecule has 0 fully saturated rings. The van der Waals surface area contributed by atoms with E-state index in [2.05, 4.69) is 4.74 Å². The molecule has 0 radical (unpaired) electrons. The number of carbonyl (C=O) groups excluding carboxylic acids is 2. The van der Waals surface area contributed by atoms with Crippen LogP contribution in [-0.4, -0.2) is 37.9 Å². The fraction of sp³-hybridized carbons (Fsp3) is 0.429. The molecule has 19 heavy (non-hydrogen) atoms. The zero-order valence-electron chi connectivity index (χ0n) is 11.6. The first-order valence-electron chi connectivity index (χ1n) is 6.08. The second kappa shape index (κ2) is 4.91. The van der Waals surface area contributed by atoms with E-state index >= 15 is 0 Å². The number of Topliss-reactive ketones (excluding diaryl/α,β-unsaturated/α-hetero) is 1. The highest BCUT2D eigenvalue weighted by Crippen LogP contribution is 2.32. The number of aryl methyl sites for hydroxylation is 1. The molecule has 0 spiro atoms. The number of esters is 1. The number of ketones is 1. The molecule has 0 bridgehead atoms. The molecule has 0 saturated carbocycles. The van der Waals surface area contributed by atoms with Gasteiger partial charge in [-0.3, -0.25) is 4.79 Å². The predicted molar refractivity (Wildman–Crippen MR) is 69.2 cm³/mol. The summed E-state index contributed by atoms with van der Waals surface area (Å²) in [6.45, 7) is 1.71. The summed E-state index contributed by atoms with van der Waals surface area (Å²) in [6.07, 6.45) is 3.06. The van der Waals surface area contributed by atoms with E-state index in [4.69, 9.17) is 4.42 Å². The first-order chi connectivity index (χ1) is 8.95. The normalized spacial score (nSPS) is 16.4. The highest BCUT2D eigenvalue weighted by molar-refractivity contribution is 6.12. The van der Waals surface area contributed by atoms with Crippen molar-refractivity contribution in [2.45, 2.75) is 19.8 Å². The summed E-state index contributed by atoms with van der Waals surface area (Å²) in [7, 11) is 5.04. The lowest BCUT2D eigenvalue weighted by Gasteiger charge is -2.15. The van der Waals surface area contributed by atoms with Crippen LogP contribution >= 0.6 is 0 Å². The molecular weight excluding hydrogens is 246 g/mol. The highest BCUT2D eigenvalue weighted by atomic mass is 16.5. The van der Waals surface area contributed by atoms with Crippen LogP contribution in [0.25, 0.3) is 0 Å². The molecule has 0 N–H and O–H groups in total. The van der Waals surface area contributed by atoms with Crippen LogP contribution < -0.4 is 0 Å². The molecule has 0 aromatic carbocycles. The summed E-state index contributed by atoms with van der Waals surface area (Å²) in [4.78, 5) is 25.8. The van der Waals surface area contributed by atoms with E-state index in [-0.39, 0.29) is 11.5 Å². The number of carbonyl (C=O) groups is 2. The van der Waals surface area contributed by atoms with Crippen molar-refractivity contribution in [1.29, 1.82) is 0 Å². The van der Waals surface area contributed by atoms with Gasteiger partial charge in [-0.15, -0.1) is 0 Å². The Morgan fingerprint density at radius 1 is 1.37 bits per heavy atom. The lowest BCUT2D eigenvalue weighted by molar-refractivity contribution is 0.0561.